The molecule has 1 N–H and O–H groups in total. The van der Waals surface area contributed by atoms with Crippen molar-refractivity contribution in [3.05, 3.63) is 47.1 Å². The minimum absolute atomic E-state index is 0.702. The third-order valence-electron chi connectivity index (χ3n) is 4.50. The zero-order valence-corrected chi connectivity index (χ0v) is 14.1. The summed E-state index contributed by atoms with van der Waals surface area (Å²) in [6.07, 6.45) is 4.21. The van der Waals surface area contributed by atoms with Gasteiger partial charge in [0.15, 0.2) is 0 Å². The second kappa shape index (κ2) is 6.68. The summed E-state index contributed by atoms with van der Waals surface area (Å²) >= 11 is 0. The number of rotatable bonds is 4. The highest BCUT2D eigenvalue weighted by Crippen LogP contribution is 2.23. The third-order valence-corrected chi connectivity index (χ3v) is 4.50. The lowest BCUT2D eigenvalue weighted by molar-refractivity contribution is 0.203. The van der Waals surface area contributed by atoms with Gasteiger partial charge in [-0.3, -0.25) is 14.3 Å². The predicted octanol–water partition coefficient (Wildman–Crippen LogP) is 1.87. The molecule has 0 saturated heterocycles. The number of aryl methyl sites for hydroxylation is 2. The van der Waals surface area contributed by atoms with Crippen molar-refractivity contribution in [1.82, 2.24) is 24.5 Å². The fourth-order valence-corrected chi connectivity index (χ4v) is 3.07. The number of hydrogen-bond acceptors (Lipinski definition) is 4. The fraction of sp³-hybridized carbons (Fsp3) is 0.529. The van der Waals surface area contributed by atoms with Crippen LogP contribution in [0.5, 0.6) is 0 Å². The largest absolute Gasteiger partial charge is 0.380 e. The van der Waals surface area contributed by atoms with Crippen molar-refractivity contribution in [2.45, 2.75) is 39.5 Å². The molecule has 0 spiro atoms. The van der Waals surface area contributed by atoms with Crippen molar-refractivity contribution in [1.29, 1.82) is 0 Å². The summed E-state index contributed by atoms with van der Waals surface area (Å²) in [4.78, 5) is 2.44. The van der Waals surface area contributed by atoms with Crippen LogP contribution in [0.15, 0.2) is 30.0 Å². The summed E-state index contributed by atoms with van der Waals surface area (Å²) in [5, 5.41) is 19.3. The Morgan fingerprint density at radius 3 is 2.96 bits per heavy atom. The maximum absolute atomic E-state index is 10.6. The second-order valence-electron chi connectivity index (χ2n) is 6.27. The van der Waals surface area contributed by atoms with Gasteiger partial charge in [0.2, 0.25) is 0 Å². The molecule has 6 heteroatoms. The maximum Gasteiger partial charge on any atom is 0.139 e. The molecule has 1 atom stereocenters. The summed E-state index contributed by atoms with van der Waals surface area (Å²) in [7, 11) is 1.83. The highest BCUT2D eigenvalue weighted by Gasteiger charge is 2.22. The van der Waals surface area contributed by atoms with Gasteiger partial charge in [-0.15, -0.1) is 0 Å². The molecular formula is C17H25N5O. The SMILES string of the molecule is C/C=C(\C)CN1CCCn2nc([C@H](O)c3ccnn3C)cc2C1. The van der Waals surface area contributed by atoms with Crippen molar-refractivity contribution in [2.75, 3.05) is 13.1 Å². The van der Waals surface area contributed by atoms with Crippen LogP contribution in [0, 0.1) is 0 Å². The van der Waals surface area contributed by atoms with E-state index in [0.29, 0.717) is 5.69 Å². The number of hydrogen-bond donors (Lipinski definition) is 1. The molecule has 0 saturated carbocycles. The molecule has 0 aliphatic carbocycles. The van der Waals surface area contributed by atoms with Crippen molar-refractivity contribution >= 4 is 0 Å². The Bertz CT molecular complexity index is 700. The van der Waals surface area contributed by atoms with Crippen LogP contribution in [0.4, 0.5) is 0 Å². The van der Waals surface area contributed by atoms with Crippen molar-refractivity contribution < 1.29 is 5.11 Å². The molecule has 1 aliphatic rings. The molecule has 2 aromatic rings. The van der Waals surface area contributed by atoms with Crippen LogP contribution in [-0.4, -0.2) is 42.7 Å². The highest BCUT2D eigenvalue weighted by molar-refractivity contribution is 5.22. The number of nitrogens with zero attached hydrogens (tertiary/aromatic N) is 5. The second-order valence-corrected chi connectivity index (χ2v) is 6.27. The third kappa shape index (κ3) is 3.38. The Labute approximate surface area is 137 Å². The number of aliphatic hydroxyl groups excluding tert-OH is 1. The monoisotopic (exact) mass is 315 g/mol. The van der Waals surface area contributed by atoms with Crippen LogP contribution in [0.3, 0.4) is 0 Å². The summed E-state index contributed by atoms with van der Waals surface area (Å²) in [6, 6.07) is 3.86. The summed E-state index contributed by atoms with van der Waals surface area (Å²) in [6.45, 7) is 8.09. The molecule has 124 valence electrons. The zero-order valence-electron chi connectivity index (χ0n) is 14.1. The molecule has 2 aromatic heterocycles. The molecule has 0 unspecified atom stereocenters. The minimum atomic E-state index is -0.729. The smallest absolute Gasteiger partial charge is 0.139 e. The van der Waals surface area contributed by atoms with E-state index < -0.39 is 6.10 Å². The summed E-state index contributed by atoms with van der Waals surface area (Å²) < 4.78 is 3.73. The molecule has 0 bridgehead atoms. The van der Waals surface area contributed by atoms with E-state index in [1.807, 2.05) is 23.9 Å². The van der Waals surface area contributed by atoms with E-state index in [0.717, 1.165) is 38.3 Å². The first-order valence-corrected chi connectivity index (χ1v) is 8.15. The van der Waals surface area contributed by atoms with E-state index in [9.17, 15) is 5.11 Å². The lowest BCUT2D eigenvalue weighted by Gasteiger charge is -2.19. The van der Waals surface area contributed by atoms with Gasteiger partial charge in [-0.2, -0.15) is 10.2 Å². The number of aromatic nitrogens is 4. The van der Waals surface area contributed by atoms with Crippen molar-refractivity contribution in [2.24, 2.45) is 7.05 Å². The van der Waals surface area contributed by atoms with Gasteiger partial charge >= 0.3 is 0 Å². The molecule has 23 heavy (non-hydrogen) atoms. The molecule has 3 rings (SSSR count). The van der Waals surface area contributed by atoms with Crippen molar-refractivity contribution in [3.8, 4) is 0 Å². The first-order valence-electron chi connectivity index (χ1n) is 8.15. The van der Waals surface area contributed by atoms with Gasteiger partial charge in [0.1, 0.15) is 6.10 Å². The number of fused-ring (bicyclic) bond motifs is 1. The van der Waals surface area contributed by atoms with E-state index in [1.165, 1.54) is 11.3 Å². The first-order chi connectivity index (χ1) is 11.1. The lowest BCUT2D eigenvalue weighted by atomic mass is 10.1. The Kier molecular flexibility index (Phi) is 4.63. The molecule has 1 aliphatic heterocycles. The quantitative estimate of drug-likeness (QED) is 0.875. The molecule has 0 aromatic carbocycles. The summed E-state index contributed by atoms with van der Waals surface area (Å²) in [5.41, 5.74) is 4.02. The average molecular weight is 315 g/mol. The zero-order chi connectivity index (χ0) is 16.4. The van der Waals surface area contributed by atoms with Crippen LogP contribution in [-0.2, 0) is 20.1 Å². The molecule has 0 radical (unpaired) electrons. The highest BCUT2D eigenvalue weighted by atomic mass is 16.3. The van der Waals surface area contributed by atoms with Gasteiger partial charge in [0, 0.05) is 39.4 Å². The topological polar surface area (TPSA) is 59.1 Å². The standard InChI is InChI=1S/C17H25N5O/c1-4-13(2)11-21-8-5-9-22-14(12-21)10-15(19-22)17(23)16-6-7-18-20(16)3/h4,6-7,10,17,23H,5,8-9,11-12H2,1-3H3/b13-4+/t17-/m0/s1. The van der Waals surface area contributed by atoms with Crippen LogP contribution >= 0.6 is 0 Å². The average Bonchev–Trinajstić information content (AvgIpc) is 3.09. The van der Waals surface area contributed by atoms with Crippen molar-refractivity contribution in [3.63, 3.8) is 0 Å². The van der Waals surface area contributed by atoms with Gasteiger partial charge in [-0.1, -0.05) is 11.6 Å². The van der Waals surface area contributed by atoms with E-state index in [4.69, 9.17) is 0 Å². The molecule has 6 nitrogen and oxygen atoms in total. The summed E-state index contributed by atoms with van der Waals surface area (Å²) in [5.74, 6) is 0. The fourth-order valence-electron chi connectivity index (χ4n) is 3.07. The minimum Gasteiger partial charge on any atom is -0.380 e. The Balaban J connectivity index is 1.81. The van der Waals surface area contributed by atoms with Crippen LogP contribution < -0.4 is 0 Å². The van der Waals surface area contributed by atoms with Crippen LogP contribution in [0.1, 0.15) is 43.5 Å². The van der Waals surface area contributed by atoms with E-state index in [1.54, 1.807) is 10.9 Å². The molecule has 0 fully saturated rings. The van der Waals surface area contributed by atoms with Gasteiger partial charge < -0.3 is 5.11 Å². The van der Waals surface area contributed by atoms with Gasteiger partial charge in [0.25, 0.3) is 0 Å². The number of allylic oxidation sites excluding steroid dienone is 1. The Morgan fingerprint density at radius 2 is 2.26 bits per heavy atom. The Morgan fingerprint density at radius 1 is 1.43 bits per heavy atom. The molecule has 3 heterocycles. The first kappa shape index (κ1) is 16.0. The van der Waals surface area contributed by atoms with Crippen LogP contribution in [0.25, 0.3) is 0 Å². The molecular weight excluding hydrogens is 290 g/mol. The Hall–Kier alpha value is -1.92. The van der Waals surface area contributed by atoms with E-state index in [-0.39, 0.29) is 0 Å². The number of aliphatic hydroxyl groups is 1. The van der Waals surface area contributed by atoms with Gasteiger partial charge in [-0.25, -0.2) is 0 Å². The maximum atomic E-state index is 10.6. The predicted molar refractivity (Wildman–Crippen MR) is 88.8 cm³/mol. The van der Waals surface area contributed by atoms with E-state index >= 15 is 0 Å². The van der Waals surface area contributed by atoms with Gasteiger partial charge in [0.05, 0.1) is 17.1 Å². The van der Waals surface area contributed by atoms with Crippen LogP contribution in [0.2, 0.25) is 0 Å². The normalized spacial score (nSPS) is 17.8. The van der Waals surface area contributed by atoms with Gasteiger partial charge in [-0.05, 0) is 32.4 Å². The lowest BCUT2D eigenvalue weighted by Crippen LogP contribution is -2.25. The molecule has 0 amide bonds. The van der Waals surface area contributed by atoms with E-state index in [2.05, 4.69) is 35.0 Å².